The summed E-state index contributed by atoms with van der Waals surface area (Å²) in [5.41, 5.74) is 3.40. The first-order valence-corrected chi connectivity index (χ1v) is 9.44. The number of amides is 2. The van der Waals surface area contributed by atoms with E-state index in [2.05, 4.69) is 4.98 Å². The number of benzene rings is 2. The zero-order valence-electron chi connectivity index (χ0n) is 18.3. The number of piperazine rings is 1. The molecular weight excluding hydrogens is 371 g/mol. The molecule has 29 heavy (non-hydrogen) atoms. The number of nitrogens with zero attached hydrogens (tertiary/aromatic N) is 2. The normalized spacial score (nSPS) is 24.8. The molecule has 1 unspecified atom stereocenters. The van der Waals surface area contributed by atoms with E-state index >= 15 is 0 Å². The van der Waals surface area contributed by atoms with Gasteiger partial charge < -0.3 is 24.3 Å². The fraction of sp³-hybridized carbons (Fsp3) is 0.273. The van der Waals surface area contributed by atoms with Gasteiger partial charge in [0.05, 0.1) is 12.6 Å². The minimum atomic E-state index is -2.67. The minimum absolute atomic E-state index is 0.123. The third kappa shape index (κ3) is 2.24. The topological polar surface area (TPSA) is 74.9 Å². The molecule has 7 heteroatoms. The van der Waals surface area contributed by atoms with Crippen LogP contribution in [0.25, 0.3) is 10.9 Å². The highest BCUT2D eigenvalue weighted by atomic mass is 16.7. The van der Waals surface area contributed by atoms with E-state index in [-0.39, 0.29) is 13.2 Å². The van der Waals surface area contributed by atoms with Gasteiger partial charge in [-0.3, -0.25) is 9.59 Å². The maximum atomic E-state index is 13.3. The van der Waals surface area contributed by atoms with E-state index in [9.17, 15) is 9.59 Å². The highest BCUT2D eigenvalue weighted by molar-refractivity contribution is 5.97. The van der Waals surface area contributed by atoms with Crippen LogP contribution in [0.15, 0.2) is 42.5 Å². The molecule has 1 aromatic heterocycles. The molecule has 6 rings (SSSR count). The molecule has 3 aliphatic heterocycles. The van der Waals surface area contributed by atoms with Crippen molar-refractivity contribution in [3.8, 4) is 11.5 Å². The Morgan fingerprint density at radius 3 is 2.90 bits per heavy atom. The number of carbonyl (C=O) groups excluding carboxylic acids is 2. The Labute approximate surface area is 171 Å². The lowest BCUT2D eigenvalue weighted by Crippen LogP contribution is -2.62. The number of ether oxygens (including phenoxy) is 2. The van der Waals surface area contributed by atoms with E-state index < -0.39 is 37.4 Å². The zero-order valence-corrected chi connectivity index (χ0v) is 15.3. The van der Waals surface area contributed by atoms with E-state index in [0.29, 0.717) is 16.4 Å². The van der Waals surface area contributed by atoms with Crippen LogP contribution in [0, 0.1) is 0 Å². The molecule has 0 saturated carbocycles. The van der Waals surface area contributed by atoms with Crippen LogP contribution in [0.1, 0.15) is 27.0 Å². The number of nitrogens with one attached hydrogen (secondary N) is 1. The lowest BCUT2D eigenvalue weighted by Gasteiger charge is -2.46. The number of para-hydroxylation sites is 1. The second-order valence-corrected chi connectivity index (χ2v) is 7.52. The molecule has 1 saturated heterocycles. The van der Waals surface area contributed by atoms with Crippen molar-refractivity contribution in [1.82, 2.24) is 14.8 Å². The lowest BCUT2D eigenvalue weighted by molar-refractivity contribution is -0.157. The number of fused-ring (bicyclic) bond motifs is 5. The quantitative estimate of drug-likeness (QED) is 0.644. The summed E-state index contributed by atoms with van der Waals surface area (Å²) in [7, 11) is 0. The molecular formula is C22H19N3O4. The van der Waals surface area contributed by atoms with Crippen LogP contribution < -0.4 is 9.47 Å². The third-order valence-corrected chi connectivity index (χ3v) is 5.98. The van der Waals surface area contributed by atoms with Crippen LogP contribution in [-0.2, 0) is 16.0 Å². The van der Waals surface area contributed by atoms with Gasteiger partial charge in [0.25, 0.3) is 0 Å². The Hall–Kier alpha value is -3.48. The van der Waals surface area contributed by atoms with E-state index in [0.717, 1.165) is 27.7 Å². The fourth-order valence-corrected chi connectivity index (χ4v) is 4.69. The predicted molar refractivity (Wildman–Crippen MR) is 105 cm³/mol. The summed E-state index contributed by atoms with van der Waals surface area (Å²) in [5.74, 6) is 0.221. The van der Waals surface area contributed by atoms with Crippen molar-refractivity contribution in [2.75, 3.05) is 20.3 Å². The zero-order chi connectivity index (χ0) is 22.2. The maximum absolute atomic E-state index is 13.3. The number of H-pyrrole nitrogens is 1. The molecule has 1 fully saturated rings. The van der Waals surface area contributed by atoms with Crippen LogP contribution in [-0.4, -0.2) is 53.0 Å². The first kappa shape index (κ1) is 13.7. The molecule has 0 spiro atoms. The van der Waals surface area contributed by atoms with Gasteiger partial charge in [0.15, 0.2) is 11.5 Å². The Bertz CT molecular complexity index is 1290. The minimum Gasteiger partial charge on any atom is -0.454 e. The van der Waals surface area contributed by atoms with Gasteiger partial charge in [0.2, 0.25) is 18.6 Å². The van der Waals surface area contributed by atoms with Crippen LogP contribution in [0.5, 0.6) is 11.5 Å². The highest BCUT2D eigenvalue weighted by Gasteiger charge is 2.47. The van der Waals surface area contributed by atoms with Crippen molar-refractivity contribution in [3.63, 3.8) is 0 Å². The van der Waals surface area contributed by atoms with Crippen molar-refractivity contribution >= 4 is 22.7 Å². The number of rotatable bonds is 1. The van der Waals surface area contributed by atoms with Crippen LogP contribution >= 0.6 is 0 Å². The molecule has 7 nitrogen and oxygen atoms in total. The van der Waals surface area contributed by atoms with Gasteiger partial charge in [-0.2, -0.15) is 0 Å². The standard InChI is InChI=1S/C22H19N3O4/c1-24-10-19(26)25-16(22(24)27)9-14-13-4-2-3-5-15(13)23-20(14)21(25)12-6-7-17-18(8-12)29-11-28-17/h2-8,16,21,23H,9-11H2,1H3/t16?,21-/m1/s1/i1+1D3. The summed E-state index contributed by atoms with van der Waals surface area (Å²) in [6.45, 7) is -3.03. The van der Waals surface area contributed by atoms with Crippen molar-refractivity contribution in [2.45, 2.75) is 18.5 Å². The summed E-state index contributed by atoms with van der Waals surface area (Å²) in [6.07, 6.45) is 0.248. The average molecular weight is 393 g/mol. The second-order valence-electron chi connectivity index (χ2n) is 7.52. The molecule has 0 bridgehead atoms. The van der Waals surface area contributed by atoms with Gasteiger partial charge in [0.1, 0.15) is 6.04 Å². The molecule has 0 radical (unpaired) electrons. The summed E-state index contributed by atoms with van der Waals surface area (Å²) in [5, 5.41) is 0.958. The largest absolute Gasteiger partial charge is 0.454 e. The van der Waals surface area contributed by atoms with Gasteiger partial charge in [-0.25, -0.2) is 0 Å². The number of aromatic nitrogens is 1. The molecule has 2 amide bonds. The summed E-state index contributed by atoms with van der Waals surface area (Å²) in [4.78, 5) is 32.3. The number of hydrogen-bond acceptors (Lipinski definition) is 4. The molecule has 2 aromatic carbocycles. The Morgan fingerprint density at radius 1 is 1.14 bits per heavy atom. The lowest BCUT2D eigenvalue weighted by atomic mass is 9.86. The molecule has 2 atom stereocenters. The number of hydrogen-bond donors (Lipinski definition) is 1. The fourth-order valence-electron chi connectivity index (χ4n) is 4.69. The van der Waals surface area contributed by atoms with Crippen molar-refractivity contribution < 1.29 is 23.2 Å². The van der Waals surface area contributed by atoms with Crippen LogP contribution in [0.4, 0.5) is 0 Å². The average Bonchev–Trinajstić information content (AvgIpc) is 3.37. The number of aromatic amines is 1. The van der Waals surface area contributed by atoms with Gasteiger partial charge >= 0.3 is 0 Å². The highest BCUT2D eigenvalue weighted by Crippen LogP contribution is 2.44. The summed E-state index contributed by atoms with van der Waals surface area (Å²) < 4.78 is 34.1. The summed E-state index contributed by atoms with van der Waals surface area (Å²) >= 11 is 0. The second kappa shape index (κ2) is 5.76. The number of likely N-dealkylation sites (N-methyl/N-ethyl adjacent to an activating group) is 1. The van der Waals surface area contributed by atoms with Crippen LogP contribution in [0.3, 0.4) is 0 Å². The Kier molecular flexibility index (Phi) is 2.71. The molecule has 0 aliphatic carbocycles. The smallest absolute Gasteiger partial charge is 0.245 e. The monoisotopic (exact) mass is 393 g/mol. The van der Waals surface area contributed by atoms with E-state index in [4.69, 9.17) is 13.6 Å². The Balaban J connectivity index is 1.55. The first-order chi connectivity index (χ1) is 15.3. The number of carbonyl (C=O) groups is 2. The van der Waals surface area contributed by atoms with E-state index in [1.54, 1.807) is 6.07 Å². The molecule has 1 N–H and O–H groups in total. The van der Waals surface area contributed by atoms with Crippen molar-refractivity contribution in [1.29, 1.82) is 0 Å². The van der Waals surface area contributed by atoms with Gasteiger partial charge in [0, 0.05) is 34.1 Å². The van der Waals surface area contributed by atoms with E-state index in [1.807, 2.05) is 36.4 Å². The van der Waals surface area contributed by atoms with Crippen LogP contribution in [0.2, 0.25) is 0 Å². The van der Waals surface area contributed by atoms with Gasteiger partial charge in [-0.05, 0) is 29.3 Å². The SMILES string of the molecule is [2H][13C]([2H])([2H])N1CC(=O)N2C(Cc3c([nH]c4ccccc34)[C@H]2c2ccc3c(c2)OCO3)C1=O. The molecule has 146 valence electrons. The summed E-state index contributed by atoms with van der Waals surface area (Å²) in [6, 6.07) is 11.7. The molecule has 3 aromatic rings. The van der Waals surface area contributed by atoms with Crippen molar-refractivity contribution in [2.24, 2.45) is 0 Å². The van der Waals surface area contributed by atoms with E-state index in [1.165, 1.54) is 4.90 Å². The maximum Gasteiger partial charge on any atom is 0.245 e. The first-order valence-electron chi connectivity index (χ1n) is 10.9. The Morgan fingerprint density at radius 2 is 2.00 bits per heavy atom. The molecule has 4 heterocycles. The van der Waals surface area contributed by atoms with Crippen molar-refractivity contribution in [3.05, 3.63) is 59.3 Å². The molecule has 3 aliphatic rings. The third-order valence-electron chi connectivity index (χ3n) is 5.98. The van der Waals surface area contributed by atoms with Gasteiger partial charge in [-0.1, -0.05) is 24.3 Å². The predicted octanol–water partition coefficient (Wildman–Crippen LogP) is 2.21. The van der Waals surface area contributed by atoms with Gasteiger partial charge in [-0.15, -0.1) is 0 Å².